The monoisotopic (exact) mass is 388 g/mol. The lowest BCUT2D eigenvalue weighted by molar-refractivity contribution is -0.128. The zero-order valence-corrected chi connectivity index (χ0v) is 16.8. The Labute approximate surface area is 169 Å². The molecule has 0 radical (unpaired) electrons. The van der Waals surface area contributed by atoms with Crippen molar-refractivity contribution in [1.82, 2.24) is 14.8 Å². The second kappa shape index (κ2) is 6.37. The third-order valence-electron chi connectivity index (χ3n) is 6.18. The minimum atomic E-state index is -0.451. The van der Waals surface area contributed by atoms with Gasteiger partial charge in [-0.25, -0.2) is 4.79 Å². The zero-order valence-electron chi connectivity index (χ0n) is 16.8. The van der Waals surface area contributed by atoms with Crippen molar-refractivity contribution in [2.24, 2.45) is 0 Å². The molecule has 2 aromatic carbocycles. The van der Waals surface area contributed by atoms with Gasteiger partial charge in [0.05, 0.1) is 0 Å². The molecular formula is C23H24N4O2. The Morgan fingerprint density at radius 2 is 1.79 bits per heavy atom. The van der Waals surface area contributed by atoms with Crippen LogP contribution >= 0.6 is 0 Å². The number of rotatable bonds is 3. The van der Waals surface area contributed by atoms with Gasteiger partial charge in [-0.15, -0.1) is 0 Å². The Bertz CT molecular complexity index is 1120. The summed E-state index contributed by atoms with van der Waals surface area (Å²) < 4.78 is 0. The standard InChI is InChI=1S/C23H24N4O2/c1-4-26-22(28)19-13-17-16-7-5-6-8-18(16)24-20(17)21(27(19)23(26)29)14-9-11-15(12-10-14)25(2)3/h5-12,19,21,24H,4,13H2,1-3H3/t19-,21-/m0/s1. The molecule has 1 aromatic heterocycles. The lowest BCUT2D eigenvalue weighted by Gasteiger charge is -2.36. The Hall–Kier alpha value is -3.28. The molecule has 2 aliphatic rings. The van der Waals surface area contributed by atoms with Crippen molar-refractivity contribution in [1.29, 1.82) is 0 Å². The number of hydrogen-bond donors (Lipinski definition) is 1. The molecule has 1 saturated heterocycles. The van der Waals surface area contributed by atoms with Crippen LogP contribution in [-0.4, -0.2) is 53.4 Å². The highest BCUT2D eigenvalue weighted by Crippen LogP contribution is 2.44. The summed E-state index contributed by atoms with van der Waals surface area (Å²) in [5.74, 6) is -0.0941. The van der Waals surface area contributed by atoms with Gasteiger partial charge in [0.2, 0.25) is 0 Å². The predicted molar refractivity (Wildman–Crippen MR) is 113 cm³/mol. The maximum Gasteiger partial charge on any atom is 0.328 e. The van der Waals surface area contributed by atoms with Crippen molar-refractivity contribution < 1.29 is 9.59 Å². The van der Waals surface area contributed by atoms with Crippen LogP contribution in [0.1, 0.15) is 29.8 Å². The van der Waals surface area contributed by atoms with Gasteiger partial charge in [0.25, 0.3) is 5.91 Å². The molecule has 0 spiro atoms. The van der Waals surface area contributed by atoms with Gasteiger partial charge in [-0.2, -0.15) is 0 Å². The SMILES string of the molecule is CCN1C(=O)[C@@H]2Cc3c([nH]c4ccccc34)[C@H](c3ccc(N(C)C)cc3)N2C1=O. The number of aromatic nitrogens is 1. The molecule has 3 aromatic rings. The predicted octanol–water partition coefficient (Wildman–Crippen LogP) is 3.53. The number of carbonyl (C=O) groups is 2. The number of likely N-dealkylation sites (N-methyl/N-ethyl adjacent to an activating group) is 1. The highest BCUT2D eigenvalue weighted by atomic mass is 16.2. The van der Waals surface area contributed by atoms with Crippen molar-refractivity contribution in [2.45, 2.75) is 25.4 Å². The number of hydrogen-bond acceptors (Lipinski definition) is 3. The summed E-state index contributed by atoms with van der Waals surface area (Å²) in [5, 5.41) is 1.13. The Kier molecular flexibility index (Phi) is 3.91. The van der Waals surface area contributed by atoms with Gasteiger partial charge < -0.3 is 9.88 Å². The second-order valence-corrected chi connectivity index (χ2v) is 7.94. The summed E-state index contributed by atoms with van der Waals surface area (Å²) in [6.07, 6.45) is 0.548. The van der Waals surface area contributed by atoms with Crippen LogP contribution in [0.2, 0.25) is 0 Å². The van der Waals surface area contributed by atoms with E-state index < -0.39 is 6.04 Å². The van der Waals surface area contributed by atoms with E-state index in [1.54, 1.807) is 4.90 Å². The molecule has 3 amide bonds. The first kappa shape index (κ1) is 17.8. The van der Waals surface area contributed by atoms with Crippen LogP contribution in [0.4, 0.5) is 10.5 Å². The molecule has 6 heteroatoms. The summed E-state index contributed by atoms with van der Waals surface area (Å²) >= 11 is 0. The number of carbonyl (C=O) groups excluding carboxylic acids is 2. The molecule has 6 nitrogen and oxygen atoms in total. The summed E-state index contributed by atoms with van der Waals surface area (Å²) in [4.78, 5) is 34.9. The topological polar surface area (TPSA) is 59.7 Å². The van der Waals surface area contributed by atoms with Crippen LogP contribution in [0, 0.1) is 0 Å². The summed E-state index contributed by atoms with van der Waals surface area (Å²) in [6, 6.07) is 15.4. The fourth-order valence-corrected chi connectivity index (χ4v) is 4.72. The van der Waals surface area contributed by atoms with Gasteiger partial charge in [-0.1, -0.05) is 30.3 Å². The molecule has 1 fully saturated rings. The van der Waals surface area contributed by atoms with E-state index in [2.05, 4.69) is 35.3 Å². The zero-order chi connectivity index (χ0) is 20.3. The highest BCUT2D eigenvalue weighted by Gasteiger charge is 2.51. The van der Waals surface area contributed by atoms with Gasteiger partial charge in [0, 0.05) is 49.3 Å². The van der Waals surface area contributed by atoms with Crippen molar-refractivity contribution in [2.75, 3.05) is 25.5 Å². The van der Waals surface area contributed by atoms with Crippen molar-refractivity contribution in [3.63, 3.8) is 0 Å². The van der Waals surface area contributed by atoms with Gasteiger partial charge >= 0.3 is 6.03 Å². The molecule has 2 aliphatic heterocycles. The number of urea groups is 1. The number of fused-ring (bicyclic) bond motifs is 4. The summed E-state index contributed by atoms with van der Waals surface area (Å²) in [5.41, 5.74) is 5.30. The van der Waals surface area contributed by atoms with Crippen LogP contribution in [0.25, 0.3) is 10.9 Å². The van der Waals surface area contributed by atoms with E-state index in [0.29, 0.717) is 13.0 Å². The molecule has 0 unspecified atom stereocenters. The van der Waals surface area contributed by atoms with Gasteiger partial charge in [0.1, 0.15) is 12.1 Å². The summed E-state index contributed by atoms with van der Waals surface area (Å²) in [6.45, 7) is 2.25. The highest BCUT2D eigenvalue weighted by molar-refractivity contribution is 6.05. The van der Waals surface area contributed by atoms with E-state index in [1.165, 1.54) is 4.90 Å². The lowest BCUT2D eigenvalue weighted by atomic mass is 9.89. The normalized spacial score (nSPS) is 20.9. The summed E-state index contributed by atoms with van der Waals surface area (Å²) in [7, 11) is 4.01. The quantitative estimate of drug-likeness (QED) is 0.699. The molecular weight excluding hydrogens is 364 g/mol. The molecule has 148 valence electrons. The number of imide groups is 1. The molecule has 0 aliphatic carbocycles. The van der Waals surface area contributed by atoms with Gasteiger partial charge in [-0.3, -0.25) is 14.6 Å². The Morgan fingerprint density at radius 1 is 1.07 bits per heavy atom. The van der Waals surface area contributed by atoms with E-state index in [1.807, 2.05) is 44.1 Å². The van der Waals surface area contributed by atoms with Crippen LogP contribution in [0.3, 0.4) is 0 Å². The van der Waals surface area contributed by atoms with Crippen LogP contribution in [0.15, 0.2) is 48.5 Å². The number of para-hydroxylation sites is 1. The van der Waals surface area contributed by atoms with Crippen molar-refractivity contribution >= 4 is 28.5 Å². The molecule has 0 saturated carbocycles. The fourth-order valence-electron chi connectivity index (χ4n) is 4.72. The van der Waals surface area contributed by atoms with E-state index in [-0.39, 0.29) is 18.0 Å². The number of nitrogens with zero attached hydrogens (tertiary/aromatic N) is 3. The van der Waals surface area contributed by atoms with Crippen molar-refractivity contribution in [3.05, 3.63) is 65.4 Å². The maximum atomic E-state index is 13.2. The van der Waals surface area contributed by atoms with Crippen LogP contribution < -0.4 is 4.90 Å². The number of H-pyrrole nitrogens is 1. The van der Waals surface area contributed by atoms with E-state index in [0.717, 1.165) is 33.4 Å². The molecule has 3 heterocycles. The molecule has 2 atom stereocenters. The maximum absolute atomic E-state index is 13.2. The van der Waals surface area contributed by atoms with Gasteiger partial charge in [-0.05, 0) is 36.2 Å². The third kappa shape index (κ3) is 2.48. The molecule has 5 rings (SSSR count). The first-order valence-electron chi connectivity index (χ1n) is 10.0. The Morgan fingerprint density at radius 3 is 2.48 bits per heavy atom. The number of anilines is 1. The number of benzene rings is 2. The largest absolute Gasteiger partial charge is 0.378 e. The van der Waals surface area contributed by atoms with E-state index in [9.17, 15) is 9.59 Å². The molecule has 29 heavy (non-hydrogen) atoms. The van der Waals surface area contributed by atoms with E-state index >= 15 is 0 Å². The fraction of sp³-hybridized carbons (Fsp3) is 0.304. The average Bonchev–Trinajstić information content (AvgIpc) is 3.21. The second-order valence-electron chi connectivity index (χ2n) is 7.94. The molecule has 1 N–H and O–H groups in total. The average molecular weight is 388 g/mol. The van der Waals surface area contributed by atoms with Crippen LogP contribution in [0.5, 0.6) is 0 Å². The number of nitrogens with one attached hydrogen (secondary N) is 1. The first-order chi connectivity index (χ1) is 14.0. The van der Waals surface area contributed by atoms with Crippen LogP contribution in [-0.2, 0) is 11.2 Å². The smallest absolute Gasteiger partial charge is 0.328 e. The minimum Gasteiger partial charge on any atom is -0.378 e. The minimum absolute atomic E-state index is 0.0941. The van der Waals surface area contributed by atoms with Crippen molar-refractivity contribution in [3.8, 4) is 0 Å². The Balaban J connectivity index is 1.71. The van der Waals surface area contributed by atoms with E-state index in [4.69, 9.17) is 0 Å². The number of amides is 3. The molecule has 0 bridgehead atoms. The van der Waals surface area contributed by atoms with Gasteiger partial charge in [0.15, 0.2) is 0 Å². The lowest BCUT2D eigenvalue weighted by Crippen LogP contribution is -2.44. The third-order valence-corrected chi connectivity index (χ3v) is 6.18. The first-order valence-corrected chi connectivity index (χ1v) is 10.0. The number of aromatic amines is 1.